The minimum atomic E-state index is -0.408. The lowest BCUT2D eigenvalue weighted by atomic mass is 9.79. The van der Waals surface area contributed by atoms with Crippen LogP contribution in [-0.4, -0.2) is 23.4 Å². The van der Waals surface area contributed by atoms with Gasteiger partial charge in [0, 0.05) is 29.6 Å². The molecule has 1 atom stereocenters. The lowest BCUT2D eigenvalue weighted by molar-refractivity contribution is 0.0603. The molecule has 0 saturated heterocycles. The van der Waals surface area contributed by atoms with Crippen LogP contribution >= 0.6 is 0 Å². The molecule has 0 aliphatic heterocycles. The Morgan fingerprint density at radius 3 is 2.44 bits per heavy atom. The number of Topliss-reactive ketones (excluding diaryl/α,β-unsaturated/α-hetero) is 1. The molecule has 172 valence electrons. The van der Waals surface area contributed by atoms with Gasteiger partial charge in [-0.05, 0) is 47.1 Å². The number of hydrogen-bond donors (Lipinski definition) is 0. The second-order valence-electron chi connectivity index (χ2n) is 9.46. The number of fused-ring (bicyclic) bond motifs is 3. The van der Waals surface area contributed by atoms with E-state index in [-0.39, 0.29) is 11.7 Å². The maximum Gasteiger partial charge on any atom is 0.338 e. The van der Waals surface area contributed by atoms with E-state index in [1.165, 1.54) is 18.2 Å². The van der Waals surface area contributed by atoms with Gasteiger partial charge in [-0.2, -0.15) is 0 Å². The highest BCUT2D eigenvalue weighted by atomic mass is 16.5. The van der Waals surface area contributed by atoms with Gasteiger partial charge in [-0.25, -0.2) is 4.79 Å². The number of methoxy groups -OCH3 is 1. The summed E-state index contributed by atoms with van der Waals surface area (Å²) in [6, 6.07) is 24.4. The summed E-state index contributed by atoms with van der Waals surface area (Å²) in [6.07, 6.45) is 1.33. The lowest BCUT2D eigenvalue weighted by Crippen LogP contribution is -2.25. The standard InChI is InChI=1S/C30H29NO3/c1-19(2)22-16-26-29(27(32)17-22)28-24(30(33)34-3)14-9-15-25(28)31(26)18-21-12-7-8-13-23(21)20-10-5-4-6-11-20/h4-15,19,22H,16-18H2,1-3H3. The summed E-state index contributed by atoms with van der Waals surface area (Å²) in [4.78, 5) is 26.1. The molecule has 4 nitrogen and oxygen atoms in total. The van der Waals surface area contributed by atoms with Gasteiger partial charge >= 0.3 is 5.97 Å². The molecule has 0 spiro atoms. The van der Waals surface area contributed by atoms with E-state index in [9.17, 15) is 9.59 Å². The molecule has 4 heteroatoms. The average Bonchev–Trinajstić information content (AvgIpc) is 3.18. The fraction of sp³-hybridized carbons (Fsp3) is 0.267. The first-order valence-electron chi connectivity index (χ1n) is 11.9. The first kappa shape index (κ1) is 22.1. The van der Waals surface area contributed by atoms with Crippen LogP contribution in [0.2, 0.25) is 0 Å². The molecule has 3 aromatic carbocycles. The number of rotatable bonds is 5. The molecule has 0 radical (unpaired) electrons. The van der Waals surface area contributed by atoms with Crippen molar-refractivity contribution in [2.45, 2.75) is 33.2 Å². The molecule has 5 rings (SSSR count). The van der Waals surface area contributed by atoms with E-state index in [2.05, 4.69) is 54.8 Å². The summed E-state index contributed by atoms with van der Waals surface area (Å²) in [6.45, 7) is 4.99. The van der Waals surface area contributed by atoms with E-state index in [0.29, 0.717) is 30.0 Å². The van der Waals surface area contributed by atoms with Crippen molar-refractivity contribution >= 4 is 22.7 Å². The second kappa shape index (κ2) is 8.94. The summed E-state index contributed by atoms with van der Waals surface area (Å²) in [5, 5.41) is 0.730. The Kier molecular flexibility index (Phi) is 5.82. The van der Waals surface area contributed by atoms with Gasteiger partial charge < -0.3 is 9.30 Å². The third kappa shape index (κ3) is 3.73. The lowest BCUT2D eigenvalue weighted by Gasteiger charge is -2.26. The summed E-state index contributed by atoms with van der Waals surface area (Å²) in [7, 11) is 1.39. The molecule has 34 heavy (non-hydrogen) atoms. The SMILES string of the molecule is COC(=O)c1cccc2c1c1c(n2Cc2ccccc2-c2ccccc2)CC(C(C)C)CC1=O. The predicted molar refractivity (Wildman–Crippen MR) is 135 cm³/mol. The quantitative estimate of drug-likeness (QED) is 0.324. The topological polar surface area (TPSA) is 48.3 Å². The molecule has 1 aromatic heterocycles. The molecule has 1 unspecified atom stereocenters. The summed E-state index contributed by atoms with van der Waals surface area (Å²) in [5.41, 5.74) is 6.61. The van der Waals surface area contributed by atoms with Crippen molar-refractivity contribution in [3.05, 3.63) is 95.2 Å². The van der Waals surface area contributed by atoms with Crippen LogP contribution in [0.25, 0.3) is 22.0 Å². The van der Waals surface area contributed by atoms with Gasteiger partial charge in [0.1, 0.15) is 0 Å². The summed E-state index contributed by atoms with van der Waals surface area (Å²) >= 11 is 0. The highest BCUT2D eigenvalue weighted by Gasteiger charge is 2.34. The van der Waals surface area contributed by atoms with Crippen molar-refractivity contribution in [3.63, 3.8) is 0 Å². The number of aromatic nitrogens is 1. The van der Waals surface area contributed by atoms with Crippen LogP contribution in [-0.2, 0) is 17.7 Å². The molecule has 4 aromatic rings. The van der Waals surface area contributed by atoms with Gasteiger partial charge in [0.2, 0.25) is 0 Å². The monoisotopic (exact) mass is 451 g/mol. The van der Waals surface area contributed by atoms with Crippen molar-refractivity contribution in [2.75, 3.05) is 7.11 Å². The van der Waals surface area contributed by atoms with Crippen molar-refractivity contribution in [1.82, 2.24) is 4.57 Å². The maximum absolute atomic E-state index is 13.5. The number of ketones is 1. The fourth-order valence-corrected chi connectivity index (χ4v) is 5.29. The minimum absolute atomic E-state index is 0.122. The molecule has 0 fully saturated rings. The molecule has 0 bridgehead atoms. The zero-order valence-electron chi connectivity index (χ0n) is 19.9. The normalized spacial score (nSPS) is 15.5. The minimum Gasteiger partial charge on any atom is -0.465 e. The van der Waals surface area contributed by atoms with E-state index < -0.39 is 5.97 Å². The molecule has 0 N–H and O–H groups in total. The Balaban J connectivity index is 1.74. The molecule has 1 heterocycles. The van der Waals surface area contributed by atoms with Crippen LogP contribution < -0.4 is 0 Å². The van der Waals surface area contributed by atoms with E-state index >= 15 is 0 Å². The van der Waals surface area contributed by atoms with Crippen LogP contribution in [0.3, 0.4) is 0 Å². The zero-order valence-corrected chi connectivity index (χ0v) is 19.9. The Bertz CT molecular complexity index is 1380. The third-order valence-corrected chi connectivity index (χ3v) is 7.16. The maximum atomic E-state index is 13.5. The summed E-state index contributed by atoms with van der Waals surface area (Å²) < 4.78 is 7.33. The van der Waals surface area contributed by atoms with Gasteiger partial charge in [-0.15, -0.1) is 0 Å². The number of esters is 1. The van der Waals surface area contributed by atoms with E-state index in [4.69, 9.17) is 4.74 Å². The highest BCUT2D eigenvalue weighted by molar-refractivity contribution is 6.16. The molecule has 1 aliphatic rings. The van der Waals surface area contributed by atoms with Crippen LogP contribution in [0.1, 0.15) is 52.2 Å². The van der Waals surface area contributed by atoms with Crippen LogP contribution in [0.4, 0.5) is 0 Å². The van der Waals surface area contributed by atoms with Crippen molar-refractivity contribution in [1.29, 1.82) is 0 Å². The number of nitrogens with zero attached hydrogens (tertiary/aromatic N) is 1. The number of ether oxygens (including phenoxy) is 1. The molecule has 1 aliphatic carbocycles. The van der Waals surface area contributed by atoms with Crippen molar-refractivity contribution < 1.29 is 14.3 Å². The molecule has 0 amide bonds. The van der Waals surface area contributed by atoms with E-state index in [1.54, 1.807) is 6.07 Å². The van der Waals surface area contributed by atoms with Gasteiger partial charge in [0.25, 0.3) is 0 Å². The number of benzene rings is 3. The van der Waals surface area contributed by atoms with Gasteiger partial charge in [0.15, 0.2) is 5.78 Å². The van der Waals surface area contributed by atoms with Crippen molar-refractivity contribution in [2.24, 2.45) is 11.8 Å². The van der Waals surface area contributed by atoms with Crippen LogP contribution in [0.5, 0.6) is 0 Å². The van der Waals surface area contributed by atoms with Gasteiger partial charge in [-0.1, -0.05) is 74.5 Å². The van der Waals surface area contributed by atoms with Crippen LogP contribution in [0, 0.1) is 11.8 Å². The predicted octanol–water partition coefficient (Wildman–Crippen LogP) is 6.54. The second-order valence-corrected chi connectivity index (χ2v) is 9.46. The highest BCUT2D eigenvalue weighted by Crippen LogP contribution is 2.39. The largest absolute Gasteiger partial charge is 0.465 e. The Morgan fingerprint density at radius 2 is 1.71 bits per heavy atom. The smallest absolute Gasteiger partial charge is 0.338 e. The molecule has 0 saturated carbocycles. The van der Waals surface area contributed by atoms with E-state index in [0.717, 1.165) is 28.6 Å². The van der Waals surface area contributed by atoms with Crippen molar-refractivity contribution in [3.8, 4) is 11.1 Å². The number of hydrogen-bond acceptors (Lipinski definition) is 3. The van der Waals surface area contributed by atoms with Gasteiger partial charge in [0.05, 0.1) is 18.2 Å². The zero-order chi connectivity index (χ0) is 23.8. The van der Waals surface area contributed by atoms with Crippen LogP contribution in [0.15, 0.2) is 72.8 Å². The Labute approximate surface area is 200 Å². The first-order valence-corrected chi connectivity index (χ1v) is 11.9. The third-order valence-electron chi connectivity index (χ3n) is 7.16. The van der Waals surface area contributed by atoms with E-state index in [1.807, 2.05) is 30.3 Å². The molecular formula is C30H29NO3. The fourth-order valence-electron chi connectivity index (χ4n) is 5.29. The average molecular weight is 452 g/mol. The van der Waals surface area contributed by atoms with Gasteiger partial charge in [-0.3, -0.25) is 4.79 Å². The Hall–Kier alpha value is -3.66. The summed E-state index contributed by atoms with van der Waals surface area (Å²) in [5.74, 6) is 0.402. The number of carbonyl (C=O) groups excluding carboxylic acids is 2. The Morgan fingerprint density at radius 1 is 0.971 bits per heavy atom. The first-order chi connectivity index (χ1) is 16.5. The molecular weight excluding hydrogens is 422 g/mol. The number of carbonyl (C=O) groups is 2.